The summed E-state index contributed by atoms with van der Waals surface area (Å²) < 4.78 is 22.8. The Labute approximate surface area is 187 Å². The molecule has 0 aromatic heterocycles. The Kier molecular flexibility index (Phi) is 4.38. The van der Waals surface area contributed by atoms with Crippen LogP contribution < -0.4 is 14.2 Å². The van der Waals surface area contributed by atoms with Gasteiger partial charge in [0.15, 0.2) is 28.6 Å². The number of benzene rings is 3. The lowest BCUT2D eigenvalue weighted by Gasteiger charge is -2.37. The van der Waals surface area contributed by atoms with Crippen LogP contribution in [-0.2, 0) is 21.6 Å². The van der Waals surface area contributed by atoms with Crippen molar-refractivity contribution in [2.45, 2.75) is 12.0 Å². The normalized spacial score (nSPS) is 14.5. The van der Waals surface area contributed by atoms with E-state index in [0.717, 1.165) is 0 Å². The Morgan fingerprint density at radius 1 is 0.909 bits per heavy atom. The highest BCUT2D eigenvalue weighted by atomic mass is 16.6. The molecule has 0 atom stereocenters. The van der Waals surface area contributed by atoms with E-state index in [4.69, 9.17) is 18.9 Å². The van der Waals surface area contributed by atoms with Gasteiger partial charge in [-0.2, -0.15) is 0 Å². The number of carbonyl (C=O) groups is 2. The van der Waals surface area contributed by atoms with E-state index in [0.29, 0.717) is 22.3 Å². The third kappa shape index (κ3) is 2.72. The molecule has 168 valence electrons. The molecule has 0 radical (unpaired) electrons. The Balaban J connectivity index is 1.91. The maximum absolute atomic E-state index is 13.0. The second-order valence-corrected chi connectivity index (χ2v) is 7.61. The van der Waals surface area contributed by atoms with Gasteiger partial charge in [-0.1, -0.05) is 6.07 Å². The second-order valence-electron chi connectivity index (χ2n) is 7.61. The van der Waals surface area contributed by atoms with Gasteiger partial charge in [0.2, 0.25) is 11.5 Å². The average Bonchev–Trinajstić information content (AvgIpc) is 3.05. The molecular weight excluding hydrogens is 432 g/mol. The first kappa shape index (κ1) is 20.5. The number of rotatable bonds is 4. The van der Waals surface area contributed by atoms with Crippen molar-refractivity contribution in [3.05, 3.63) is 70.3 Å². The molecule has 0 bridgehead atoms. The number of carboxylic acid groups (broad SMARTS) is 1. The van der Waals surface area contributed by atoms with Gasteiger partial charge >= 0.3 is 11.9 Å². The van der Waals surface area contributed by atoms with E-state index in [-0.39, 0.29) is 46.5 Å². The molecule has 3 N–H and O–H groups in total. The maximum Gasteiger partial charge on any atom is 0.340 e. The molecule has 0 saturated heterocycles. The first-order chi connectivity index (χ1) is 15.8. The number of hydrogen-bond acceptors (Lipinski definition) is 8. The maximum atomic E-state index is 13.0. The Morgan fingerprint density at radius 3 is 2.00 bits per heavy atom. The van der Waals surface area contributed by atoms with Crippen LogP contribution in [0.15, 0.2) is 42.5 Å². The van der Waals surface area contributed by atoms with Crippen molar-refractivity contribution < 1.29 is 43.9 Å². The average molecular weight is 450 g/mol. The summed E-state index contributed by atoms with van der Waals surface area (Å²) in [6.07, 6.45) is -0.258. The minimum absolute atomic E-state index is 0.00545. The highest BCUT2D eigenvalue weighted by Gasteiger charge is 2.55. The van der Waals surface area contributed by atoms with Gasteiger partial charge in [-0.05, 0) is 42.0 Å². The third-order valence-corrected chi connectivity index (χ3v) is 5.84. The molecule has 0 aliphatic carbocycles. The Hall–Kier alpha value is -4.40. The lowest BCUT2D eigenvalue weighted by Crippen LogP contribution is -2.33. The fraction of sp³-hybridized carbons (Fsp3) is 0.167. The van der Waals surface area contributed by atoms with Crippen LogP contribution in [0.4, 0.5) is 0 Å². The number of aliphatic carboxylic acids is 1. The van der Waals surface area contributed by atoms with Gasteiger partial charge in [0.25, 0.3) is 0 Å². The molecule has 33 heavy (non-hydrogen) atoms. The molecule has 2 heterocycles. The summed E-state index contributed by atoms with van der Waals surface area (Å²) in [6, 6.07) is 10.5. The standard InChI is InChI=1S/C24H18O9/c1-30-21-16(25)7-5-13-19(21)32-20-14(6-8-17(26)22(20)31-2)24(13)15-9-11(10-18(27)28)3-4-12(15)23(29)33-24/h3-9,25-26H,10H2,1-2H3,(H,27,28). The van der Waals surface area contributed by atoms with Crippen LogP contribution in [0, 0.1) is 0 Å². The Morgan fingerprint density at radius 2 is 1.48 bits per heavy atom. The molecule has 3 aromatic carbocycles. The molecule has 9 nitrogen and oxygen atoms in total. The van der Waals surface area contributed by atoms with E-state index in [1.54, 1.807) is 24.3 Å². The number of carboxylic acids is 1. The third-order valence-electron chi connectivity index (χ3n) is 5.84. The van der Waals surface area contributed by atoms with Crippen molar-refractivity contribution in [3.8, 4) is 34.5 Å². The number of methoxy groups -OCH3 is 2. The number of ether oxygens (including phenoxy) is 4. The first-order valence-electron chi connectivity index (χ1n) is 9.89. The molecule has 2 aliphatic heterocycles. The Bertz CT molecular complexity index is 1280. The lowest BCUT2D eigenvalue weighted by molar-refractivity contribution is -0.136. The van der Waals surface area contributed by atoms with Crippen molar-refractivity contribution in [1.29, 1.82) is 0 Å². The van der Waals surface area contributed by atoms with Crippen LogP contribution in [0.1, 0.15) is 32.6 Å². The zero-order chi connectivity index (χ0) is 23.5. The highest BCUT2D eigenvalue weighted by Crippen LogP contribution is 2.62. The van der Waals surface area contributed by atoms with Crippen molar-refractivity contribution in [3.63, 3.8) is 0 Å². The van der Waals surface area contributed by atoms with Crippen molar-refractivity contribution in [2.75, 3.05) is 14.2 Å². The SMILES string of the molecule is COc1c(O)ccc2c1Oc1c(ccc(O)c1OC)C21OC(=O)c2ccc(CC(=O)O)cc21. The van der Waals surface area contributed by atoms with Crippen molar-refractivity contribution in [1.82, 2.24) is 0 Å². The molecule has 0 saturated carbocycles. The summed E-state index contributed by atoms with van der Waals surface area (Å²) in [5.41, 5.74) is 0.268. The van der Waals surface area contributed by atoms with E-state index >= 15 is 0 Å². The van der Waals surface area contributed by atoms with E-state index in [9.17, 15) is 24.9 Å². The number of esters is 1. The number of phenols is 2. The fourth-order valence-electron chi connectivity index (χ4n) is 4.50. The van der Waals surface area contributed by atoms with Gasteiger partial charge in [0.1, 0.15) is 0 Å². The van der Waals surface area contributed by atoms with Gasteiger partial charge in [0.05, 0.1) is 37.3 Å². The number of carbonyl (C=O) groups excluding carboxylic acids is 1. The summed E-state index contributed by atoms with van der Waals surface area (Å²) in [4.78, 5) is 24.3. The molecule has 3 aromatic rings. The van der Waals surface area contributed by atoms with E-state index in [1.807, 2.05) is 0 Å². The zero-order valence-electron chi connectivity index (χ0n) is 17.5. The molecule has 2 aliphatic rings. The topological polar surface area (TPSA) is 132 Å². The van der Waals surface area contributed by atoms with Crippen LogP contribution in [0.2, 0.25) is 0 Å². The predicted molar refractivity (Wildman–Crippen MR) is 112 cm³/mol. The van der Waals surface area contributed by atoms with Gasteiger partial charge in [-0.25, -0.2) is 4.79 Å². The first-order valence-corrected chi connectivity index (χ1v) is 9.89. The van der Waals surface area contributed by atoms with Crippen LogP contribution >= 0.6 is 0 Å². The second kappa shape index (κ2) is 7.06. The van der Waals surface area contributed by atoms with Crippen LogP contribution in [-0.4, -0.2) is 41.5 Å². The fourth-order valence-corrected chi connectivity index (χ4v) is 4.50. The summed E-state index contributed by atoms with van der Waals surface area (Å²) >= 11 is 0. The molecular formula is C24H18O9. The number of fused-ring (bicyclic) bond motifs is 6. The molecule has 0 unspecified atom stereocenters. The van der Waals surface area contributed by atoms with Crippen molar-refractivity contribution in [2.24, 2.45) is 0 Å². The molecule has 9 heteroatoms. The number of hydrogen-bond donors (Lipinski definition) is 3. The van der Waals surface area contributed by atoms with Gasteiger partial charge in [-0.3, -0.25) is 4.79 Å². The minimum Gasteiger partial charge on any atom is -0.504 e. The molecule has 1 spiro atoms. The molecule has 5 rings (SSSR count). The monoisotopic (exact) mass is 450 g/mol. The van der Waals surface area contributed by atoms with Gasteiger partial charge in [-0.15, -0.1) is 0 Å². The van der Waals surface area contributed by atoms with E-state index < -0.39 is 17.5 Å². The molecule has 0 amide bonds. The zero-order valence-corrected chi connectivity index (χ0v) is 17.5. The van der Waals surface area contributed by atoms with Gasteiger partial charge < -0.3 is 34.3 Å². The number of aromatic hydroxyl groups is 2. The van der Waals surface area contributed by atoms with E-state index in [2.05, 4.69) is 0 Å². The largest absolute Gasteiger partial charge is 0.504 e. The van der Waals surface area contributed by atoms with Crippen LogP contribution in [0.5, 0.6) is 34.5 Å². The van der Waals surface area contributed by atoms with Crippen LogP contribution in [0.3, 0.4) is 0 Å². The smallest absolute Gasteiger partial charge is 0.340 e. The molecule has 0 fully saturated rings. The lowest BCUT2D eigenvalue weighted by atomic mass is 9.76. The van der Waals surface area contributed by atoms with Crippen LogP contribution in [0.25, 0.3) is 0 Å². The summed E-state index contributed by atoms with van der Waals surface area (Å²) in [7, 11) is 2.69. The predicted octanol–water partition coefficient (Wildman–Crippen LogP) is 3.31. The minimum atomic E-state index is -1.56. The van der Waals surface area contributed by atoms with Gasteiger partial charge in [0, 0.05) is 5.56 Å². The summed E-state index contributed by atoms with van der Waals surface area (Å²) in [5.74, 6) is -1.94. The summed E-state index contributed by atoms with van der Waals surface area (Å²) in [5, 5.41) is 30.0. The van der Waals surface area contributed by atoms with E-state index in [1.165, 1.54) is 32.4 Å². The quantitative estimate of drug-likeness (QED) is 0.512. The van der Waals surface area contributed by atoms with Crippen molar-refractivity contribution >= 4 is 11.9 Å². The highest BCUT2D eigenvalue weighted by molar-refractivity contribution is 5.97. The summed E-state index contributed by atoms with van der Waals surface area (Å²) in [6.45, 7) is 0. The number of phenolic OH excluding ortho intramolecular Hbond substituents is 2.